The summed E-state index contributed by atoms with van der Waals surface area (Å²) in [5.41, 5.74) is 6.52. The molecule has 0 spiro atoms. The van der Waals surface area contributed by atoms with Gasteiger partial charge >= 0.3 is 0 Å². The normalized spacial score (nSPS) is 11.0. The molecule has 0 amide bonds. The molecule has 0 aliphatic carbocycles. The lowest BCUT2D eigenvalue weighted by molar-refractivity contribution is 0.426. The van der Waals surface area contributed by atoms with E-state index < -0.39 is 0 Å². The van der Waals surface area contributed by atoms with Gasteiger partial charge in [-0.2, -0.15) is 5.10 Å². The fourth-order valence-corrected chi connectivity index (χ4v) is 2.96. The van der Waals surface area contributed by atoms with Crippen molar-refractivity contribution < 1.29 is 4.52 Å². The number of hydrogen-bond donors (Lipinski definition) is 0. The van der Waals surface area contributed by atoms with Crippen LogP contribution in [-0.2, 0) is 6.54 Å². The number of hydrogen-bond acceptors (Lipinski definition) is 3. The van der Waals surface area contributed by atoms with Gasteiger partial charge < -0.3 is 4.52 Å². The predicted octanol–water partition coefficient (Wildman–Crippen LogP) is 4.87. The molecule has 0 saturated carbocycles. The van der Waals surface area contributed by atoms with Gasteiger partial charge in [0.05, 0.1) is 18.4 Å². The van der Waals surface area contributed by atoms with Gasteiger partial charge in [0, 0.05) is 17.3 Å². The lowest BCUT2D eigenvalue weighted by atomic mass is 10.0. The molecule has 0 atom stereocenters. The average molecular weight is 329 g/mol. The van der Waals surface area contributed by atoms with Crippen molar-refractivity contribution in [2.75, 3.05) is 0 Å². The molecule has 4 heteroatoms. The van der Waals surface area contributed by atoms with Crippen molar-refractivity contribution >= 4 is 0 Å². The van der Waals surface area contributed by atoms with Crippen LogP contribution in [0.25, 0.3) is 22.5 Å². The van der Waals surface area contributed by atoms with Crippen molar-refractivity contribution in [2.45, 2.75) is 20.4 Å². The molecule has 0 bridgehead atoms. The van der Waals surface area contributed by atoms with Crippen LogP contribution in [0, 0.1) is 13.8 Å². The highest BCUT2D eigenvalue weighted by atomic mass is 16.5. The topological polar surface area (TPSA) is 43.9 Å². The van der Waals surface area contributed by atoms with Crippen LogP contribution in [0.5, 0.6) is 0 Å². The Morgan fingerprint density at radius 2 is 1.56 bits per heavy atom. The van der Waals surface area contributed by atoms with E-state index in [-0.39, 0.29) is 0 Å². The summed E-state index contributed by atoms with van der Waals surface area (Å²) in [6.45, 7) is 4.66. The Morgan fingerprint density at radius 1 is 0.880 bits per heavy atom. The van der Waals surface area contributed by atoms with Gasteiger partial charge in [0.15, 0.2) is 5.76 Å². The molecule has 0 N–H and O–H groups in total. The molecule has 2 aromatic heterocycles. The number of benzene rings is 2. The fourth-order valence-electron chi connectivity index (χ4n) is 2.96. The first-order valence-corrected chi connectivity index (χ1v) is 8.31. The van der Waals surface area contributed by atoms with E-state index in [1.807, 2.05) is 49.1 Å². The highest BCUT2D eigenvalue weighted by Gasteiger charge is 2.16. The molecule has 4 nitrogen and oxygen atoms in total. The van der Waals surface area contributed by atoms with Crippen LogP contribution in [0.4, 0.5) is 0 Å². The van der Waals surface area contributed by atoms with E-state index in [0.717, 1.165) is 28.1 Å². The first kappa shape index (κ1) is 15.4. The zero-order chi connectivity index (χ0) is 17.2. The molecule has 0 radical (unpaired) electrons. The first-order chi connectivity index (χ1) is 12.2. The van der Waals surface area contributed by atoms with Gasteiger partial charge in [-0.1, -0.05) is 59.8 Å². The zero-order valence-corrected chi connectivity index (χ0v) is 14.3. The highest BCUT2D eigenvalue weighted by molar-refractivity contribution is 5.69. The van der Waals surface area contributed by atoms with Crippen LogP contribution in [0.2, 0.25) is 0 Å². The minimum atomic E-state index is 0.652. The molecule has 0 unspecified atom stereocenters. The second-order valence-corrected chi connectivity index (χ2v) is 6.23. The van der Waals surface area contributed by atoms with Crippen molar-refractivity contribution in [1.82, 2.24) is 14.9 Å². The summed E-state index contributed by atoms with van der Waals surface area (Å²) < 4.78 is 7.53. The van der Waals surface area contributed by atoms with Crippen molar-refractivity contribution in [3.05, 3.63) is 83.8 Å². The Morgan fingerprint density at radius 3 is 2.24 bits per heavy atom. The SMILES string of the molecule is Cc1cnn(Cc2c(C)noc2-c2ccc(-c3ccccc3)cc2)c1. The fraction of sp³-hybridized carbons (Fsp3) is 0.143. The lowest BCUT2D eigenvalue weighted by Gasteiger charge is -2.05. The van der Waals surface area contributed by atoms with Crippen LogP contribution in [-0.4, -0.2) is 14.9 Å². The van der Waals surface area contributed by atoms with Gasteiger partial charge in [0.2, 0.25) is 0 Å². The lowest BCUT2D eigenvalue weighted by Crippen LogP contribution is -2.01. The minimum absolute atomic E-state index is 0.652. The number of aromatic nitrogens is 3. The summed E-state index contributed by atoms with van der Waals surface area (Å²) >= 11 is 0. The van der Waals surface area contributed by atoms with E-state index in [2.05, 4.69) is 46.7 Å². The van der Waals surface area contributed by atoms with E-state index in [1.165, 1.54) is 11.1 Å². The monoisotopic (exact) mass is 329 g/mol. The van der Waals surface area contributed by atoms with Gasteiger partial charge in [0.25, 0.3) is 0 Å². The van der Waals surface area contributed by atoms with Crippen LogP contribution in [0.15, 0.2) is 71.5 Å². The number of rotatable bonds is 4. The molecule has 124 valence electrons. The maximum absolute atomic E-state index is 5.61. The zero-order valence-electron chi connectivity index (χ0n) is 14.3. The van der Waals surface area contributed by atoms with E-state index in [4.69, 9.17) is 4.52 Å². The molecule has 0 aliphatic rings. The Hall–Kier alpha value is -3.14. The third-order valence-electron chi connectivity index (χ3n) is 4.32. The van der Waals surface area contributed by atoms with Gasteiger partial charge in [0.1, 0.15) is 0 Å². The third-order valence-corrected chi connectivity index (χ3v) is 4.32. The molecular weight excluding hydrogens is 310 g/mol. The Balaban J connectivity index is 1.66. The molecule has 0 aliphatic heterocycles. The highest BCUT2D eigenvalue weighted by Crippen LogP contribution is 2.29. The standard InChI is InChI=1S/C21H19N3O/c1-15-12-22-24(13-15)14-20-16(2)23-25-21(20)19-10-8-18(9-11-19)17-6-4-3-5-7-17/h3-13H,14H2,1-2H3. The average Bonchev–Trinajstić information content (AvgIpc) is 3.22. The summed E-state index contributed by atoms with van der Waals surface area (Å²) in [6, 6.07) is 18.7. The predicted molar refractivity (Wildman–Crippen MR) is 98.2 cm³/mol. The number of aryl methyl sites for hydroxylation is 2. The molecule has 0 saturated heterocycles. The van der Waals surface area contributed by atoms with Gasteiger partial charge in [-0.15, -0.1) is 0 Å². The van der Waals surface area contributed by atoms with Crippen LogP contribution >= 0.6 is 0 Å². The Bertz CT molecular complexity index is 982. The van der Waals surface area contributed by atoms with E-state index in [0.29, 0.717) is 6.54 Å². The van der Waals surface area contributed by atoms with Crippen molar-refractivity contribution in [1.29, 1.82) is 0 Å². The Labute approximate surface area is 146 Å². The molecule has 2 heterocycles. The summed E-state index contributed by atoms with van der Waals surface area (Å²) in [6.07, 6.45) is 3.88. The smallest absolute Gasteiger partial charge is 0.172 e. The van der Waals surface area contributed by atoms with Crippen LogP contribution in [0.1, 0.15) is 16.8 Å². The second kappa shape index (κ2) is 6.40. The molecule has 4 rings (SSSR count). The van der Waals surface area contributed by atoms with Crippen LogP contribution in [0.3, 0.4) is 0 Å². The summed E-state index contributed by atoms with van der Waals surface area (Å²) in [5, 5.41) is 8.53. The molecular formula is C21H19N3O. The van der Waals surface area contributed by atoms with E-state index >= 15 is 0 Å². The largest absolute Gasteiger partial charge is 0.356 e. The number of nitrogens with zero attached hydrogens (tertiary/aromatic N) is 3. The first-order valence-electron chi connectivity index (χ1n) is 8.31. The molecule has 25 heavy (non-hydrogen) atoms. The van der Waals surface area contributed by atoms with Crippen molar-refractivity contribution in [2.24, 2.45) is 0 Å². The third kappa shape index (κ3) is 3.11. The van der Waals surface area contributed by atoms with Gasteiger partial charge in [-0.3, -0.25) is 4.68 Å². The molecule has 2 aromatic carbocycles. The van der Waals surface area contributed by atoms with E-state index in [9.17, 15) is 0 Å². The van der Waals surface area contributed by atoms with Crippen molar-refractivity contribution in [3.8, 4) is 22.5 Å². The summed E-state index contributed by atoms with van der Waals surface area (Å²) in [7, 11) is 0. The Kier molecular flexibility index (Phi) is 3.94. The summed E-state index contributed by atoms with van der Waals surface area (Å²) in [5.74, 6) is 0.810. The molecule has 4 aromatic rings. The van der Waals surface area contributed by atoms with Crippen molar-refractivity contribution in [3.63, 3.8) is 0 Å². The van der Waals surface area contributed by atoms with Crippen LogP contribution < -0.4 is 0 Å². The quantitative estimate of drug-likeness (QED) is 0.536. The van der Waals surface area contributed by atoms with E-state index in [1.54, 1.807) is 0 Å². The maximum atomic E-state index is 5.61. The molecule has 0 fully saturated rings. The van der Waals surface area contributed by atoms with Gasteiger partial charge in [-0.05, 0) is 30.5 Å². The second-order valence-electron chi connectivity index (χ2n) is 6.23. The summed E-state index contributed by atoms with van der Waals surface area (Å²) in [4.78, 5) is 0. The maximum Gasteiger partial charge on any atom is 0.172 e. The van der Waals surface area contributed by atoms with Gasteiger partial charge in [-0.25, -0.2) is 0 Å². The minimum Gasteiger partial charge on any atom is -0.356 e.